The molecule has 0 fully saturated rings. The molecule has 0 amide bonds. The van der Waals surface area contributed by atoms with Gasteiger partial charge in [0.2, 0.25) is 0 Å². The van der Waals surface area contributed by atoms with Gasteiger partial charge in [0.1, 0.15) is 6.79 Å². The summed E-state index contributed by atoms with van der Waals surface area (Å²) in [6.45, 7) is 1.65. The zero-order valence-electron chi connectivity index (χ0n) is 8.40. The van der Waals surface area contributed by atoms with Crippen LogP contribution in [0.2, 0.25) is 0 Å². The Bertz CT molecular complexity index is 450. The number of hydrogen-bond acceptors (Lipinski definition) is 2. The van der Waals surface area contributed by atoms with Crippen LogP contribution in [0.3, 0.4) is 0 Å². The van der Waals surface area contributed by atoms with Crippen molar-refractivity contribution in [3.8, 4) is 0 Å². The van der Waals surface area contributed by atoms with E-state index in [9.17, 15) is 0 Å². The van der Waals surface area contributed by atoms with Gasteiger partial charge in [-0.05, 0) is 21.9 Å². The Labute approximate surface area is 88.4 Å². The molecular weight excluding hydrogens is 188 g/mol. The zero-order chi connectivity index (χ0) is 10.1. The lowest BCUT2D eigenvalue weighted by molar-refractivity contribution is -0.0704. The Hall–Kier alpha value is -1.38. The van der Waals surface area contributed by atoms with Crippen molar-refractivity contribution in [1.82, 2.24) is 0 Å². The minimum Gasteiger partial charge on any atom is -0.351 e. The third-order valence-electron chi connectivity index (χ3n) is 2.76. The summed E-state index contributed by atoms with van der Waals surface area (Å²) in [4.78, 5) is 0. The average molecular weight is 200 g/mol. The summed E-state index contributed by atoms with van der Waals surface area (Å²) in [6, 6.07) is 12.7. The molecule has 0 atom stereocenters. The first-order chi connectivity index (χ1) is 7.45. The average Bonchev–Trinajstić information content (AvgIpc) is 2.25. The lowest BCUT2D eigenvalue weighted by atomic mass is 10.00. The van der Waals surface area contributed by atoms with E-state index in [1.54, 1.807) is 0 Å². The van der Waals surface area contributed by atoms with Crippen LogP contribution in [-0.4, -0.2) is 6.79 Å². The molecule has 0 saturated carbocycles. The molecule has 2 aromatic carbocycles. The molecule has 0 aliphatic carbocycles. The second-order valence-corrected chi connectivity index (χ2v) is 3.75. The SMILES string of the molecule is c1cc2c3c(cccc3c1)COCOC2. The van der Waals surface area contributed by atoms with Gasteiger partial charge in [-0.3, -0.25) is 0 Å². The minimum absolute atomic E-state index is 0.380. The maximum absolute atomic E-state index is 5.40. The lowest BCUT2D eigenvalue weighted by Crippen LogP contribution is -2.06. The van der Waals surface area contributed by atoms with E-state index in [0.29, 0.717) is 20.0 Å². The molecule has 76 valence electrons. The molecule has 0 aromatic heterocycles. The molecule has 1 heterocycles. The monoisotopic (exact) mass is 200 g/mol. The van der Waals surface area contributed by atoms with Crippen molar-refractivity contribution in [2.75, 3.05) is 6.79 Å². The van der Waals surface area contributed by atoms with Crippen molar-refractivity contribution < 1.29 is 9.47 Å². The van der Waals surface area contributed by atoms with Crippen molar-refractivity contribution in [2.45, 2.75) is 13.2 Å². The molecule has 1 aliphatic heterocycles. The van der Waals surface area contributed by atoms with E-state index in [2.05, 4.69) is 36.4 Å². The third-order valence-corrected chi connectivity index (χ3v) is 2.76. The first-order valence-electron chi connectivity index (χ1n) is 5.10. The van der Waals surface area contributed by atoms with Crippen molar-refractivity contribution in [1.29, 1.82) is 0 Å². The molecule has 0 radical (unpaired) electrons. The summed E-state index contributed by atoms with van der Waals surface area (Å²) < 4.78 is 10.8. The fourth-order valence-electron chi connectivity index (χ4n) is 2.10. The minimum atomic E-state index is 0.380. The zero-order valence-corrected chi connectivity index (χ0v) is 8.40. The van der Waals surface area contributed by atoms with Crippen LogP contribution in [0.4, 0.5) is 0 Å². The summed E-state index contributed by atoms with van der Waals surface area (Å²) >= 11 is 0. The van der Waals surface area contributed by atoms with Crippen LogP contribution in [0.5, 0.6) is 0 Å². The van der Waals surface area contributed by atoms with Gasteiger partial charge in [-0.25, -0.2) is 0 Å². The van der Waals surface area contributed by atoms with E-state index in [1.807, 2.05) is 0 Å². The fraction of sp³-hybridized carbons (Fsp3) is 0.231. The largest absolute Gasteiger partial charge is 0.351 e. The first-order valence-corrected chi connectivity index (χ1v) is 5.10. The number of benzene rings is 2. The summed E-state index contributed by atoms with van der Waals surface area (Å²) in [6.07, 6.45) is 0. The summed E-state index contributed by atoms with van der Waals surface area (Å²) in [5.74, 6) is 0. The number of rotatable bonds is 0. The topological polar surface area (TPSA) is 18.5 Å². The highest BCUT2D eigenvalue weighted by molar-refractivity contribution is 5.88. The van der Waals surface area contributed by atoms with Crippen LogP contribution in [0, 0.1) is 0 Å². The quantitative estimate of drug-likeness (QED) is 0.651. The van der Waals surface area contributed by atoms with E-state index < -0.39 is 0 Å². The summed E-state index contributed by atoms with van der Waals surface area (Å²) in [7, 11) is 0. The van der Waals surface area contributed by atoms with Gasteiger partial charge < -0.3 is 9.47 Å². The molecule has 2 aromatic rings. The maximum atomic E-state index is 5.40. The van der Waals surface area contributed by atoms with Gasteiger partial charge in [0.25, 0.3) is 0 Å². The van der Waals surface area contributed by atoms with E-state index in [-0.39, 0.29) is 0 Å². The van der Waals surface area contributed by atoms with Gasteiger partial charge in [-0.1, -0.05) is 36.4 Å². The van der Waals surface area contributed by atoms with Crippen LogP contribution in [0.25, 0.3) is 10.8 Å². The molecule has 2 nitrogen and oxygen atoms in total. The van der Waals surface area contributed by atoms with Gasteiger partial charge in [0.05, 0.1) is 13.2 Å². The van der Waals surface area contributed by atoms with Crippen molar-refractivity contribution >= 4 is 10.8 Å². The molecule has 15 heavy (non-hydrogen) atoms. The molecule has 3 rings (SSSR count). The standard InChI is InChI=1S/C13H12O2/c1-3-10-4-2-6-12-8-15-9-14-7-11(5-1)13(10)12/h1-6H,7-9H2. The second kappa shape index (κ2) is 3.65. The first kappa shape index (κ1) is 8.89. The molecule has 0 spiro atoms. The Kier molecular flexibility index (Phi) is 2.16. The fourth-order valence-corrected chi connectivity index (χ4v) is 2.10. The van der Waals surface area contributed by atoms with Crippen LogP contribution >= 0.6 is 0 Å². The smallest absolute Gasteiger partial charge is 0.147 e. The molecule has 0 N–H and O–H groups in total. The summed E-state index contributed by atoms with van der Waals surface area (Å²) in [5, 5.41) is 2.55. The Morgan fingerprint density at radius 1 is 0.800 bits per heavy atom. The van der Waals surface area contributed by atoms with Crippen LogP contribution < -0.4 is 0 Å². The maximum Gasteiger partial charge on any atom is 0.147 e. The van der Waals surface area contributed by atoms with Crippen LogP contribution in [-0.2, 0) is 22.7 Å². The highest BCUT2D eigenvalue weighted by atomic mass is 16.7. The van der Waals surface area contributed by atoms with Crippen LogP contribution in [0.15, 0.2) is 36.4 Å². The molecule has 0 saturated heterocycles. The van der Waals surface area contributed by atoms with E-state index in [0.717, 1.165) is 0 Å². The molecule has 0 unspecified atom stereocenters. The van der Waals surface area contributed by atoms with Gasteiger partial charge >= 0.3 is 0 Å². The normalized spacial score (nSPS) is 16.0. The molecule has 1 aliphatic rings. The van der Waals surface area contributed by atoms with Crippen molar-refractivity contribution in [2.24, 2.45) is 0 Å². The second-order valence-electron chi connectivity index (χ2n) is 3.75. The Morgan fingerprint density at radius 3 is 2.00 bits per heavy atom. The highest BCUT2D eigenvalue weighted by Crippen LogP contribution is 2.25. The van der Waals surface area contributed by atoms with Gasteiger partial charge in [-0.2, -0.15) is 0 Å². The molecule has 0 bridgehead atoms. The number of ether oxygens (including phenoxy) is 2. The van der Waals surface area contributed by atoms with Crippen molar-refractivity contribution in [3.63, 3.8) is 0 Å². The van der Waals surface area contributed by atoms with E-state index in [4.69, 9.17) is 9.47 Å². The highest BCUT2D eigenvalue weighted by Gasteiger charge is 2.09. The van der Waals surface area contributed by atoms with Gasteiger partial charge in [0, 0.05) is 0 Å². The Morgan fingerprint density at radius 2 is 1.40 bits per heavy atom. The third kappa shape index (κ3) is 1.52. The molecule has 2 heteroatoms. The number of hydrogen-bond donors (Lipinski definition) is 0. The van der Waals surface area contributed by atoms with Gasteiger partial charge in [0.15, 0.2) is 0 Å². The Balaban J connectivity index is 2.32. The predicted octanol–water partition coefficient (Wildman–Crippen LogP) is 2.84. The van der Waals surface area contributed by atoms with Crippen molar-refractivity contribution in [3.05, 3.63) is 47.5 Å². The van der Waals surface area contributed by atoms with Crippen LogP contribution in [0.1, 0.15) is 11.1 Å². The van der Waals surface area contributed by atoms with E-state index >= 15 is 0 Å². The lowest BCUT2D eigenvalue weighted by Gasteiger charge is -2.15. The van der Waals surface area contributed by atoms with Gasteiger partial charge in [-0.15, -0.1) is 0 Å². The molecular formula is C13H12O2. The van der Waals surface area contributed by atoms with E-state index in [1.165, 1.54) is 21.9 Å². The predicted molar refractivity (Wildman–Crippen MR) is 58.4 cm³/mol. The summed E-state index contributed by atoms with van der Waals surface area (Å²) in [5.41, 5.74) is 2.51.